The molecule has 3 amide bonds. The minimum absolute atomic E-state index is 0.112. The van der Waals surface area contributed by atoms with E-state index < -0.39 is 17.1 Å². The van der Waals surface area contributed by atoms with Gasteiger partial charge in [-0.1, -0.05) is 47.4 Å². The molecule has 1 aromatic carbocycles. The highest BCUT2D eigenvalue weighted by molar-refractivity contribution is 8.00. The zero-order valence-electron chi connectivity index (χ0n) is 19.1. The summed E-state index contributed by atoms with van der Waals surface area (Å²) >= 11 is 2.26. The normalized spacial score (nSPS) is 23.5. The summed E-state index contributed by atoms with van der Waals surface area (Å²) in [5.41, 5.74) is 1.29. The molecule has 0 unspecified atom stereocenters. The molecule has 3 aromatic rings. The lowest BCUT2D eigenvalue weighted by molar-refractivity contribution is -0.136. The van der Waals surface area contributed by atoms with E-state index in [2.05, 4.69) is 4.98 Å². The van der Waals surface area contributed by atoms with Crippen LogP contribution in [0, 0.1) is 5.92 Å². The summed E-state index contributed by atoms with van der Waals surface area (Å²) in [7, 11) is 0. The van der Waals surface area contributed by atoms with Gasteiger partial charge < -0.3 is 9.64 Å². The van der Waals surface area contributed by atoms with Crippen LogP contribution in [-0.2, 0) is 25.7 Å². The summed E-state index contributed by atoms with van der Waals surface area (Å²) < 4.78 is 6.80. The number of carbonyl (C=O) groups excluding carboxylic acids is 3. The summed E-state index contributed by atoms with van der Waals surface area (Å²) in [5, 5.41) is -0.132. The van der Waals surface area contributed by atoms with E-state index in [9.17, 15) is 19.2 Å². The first-order chi connectivity index (χ1) is 17.5. The third kappa shape index (κ3) is 3.78. The second kappa shape index (κ2) is 9.30. The van der Waals surface area contributed by atoms with Crippen molar-refractivity contribution < 1.29 is 19.1 Å². The van der Waals surface area contributed by atoms with Gasteiger partial charge in [-0.2, -0.15) is 0 Å². The van der Waals surface area contributed by atoms with Crippen molar-refractivity contribution in [1.82, 2.24) is 14.5 Å². The van der Waals surface area contributed by atoms with Gasteiger partial charge in [0.2, 0.25) is 17.7 Å². The first-order valence-electron chi connectivity index (χ1n) is 11.6. The summed E-state index contributed by atoms with van der Waals surface area (Å²) in [6.45, 7) is 1.79. The third-order valence-electron chi connectivity index (χ3n) is 6.76. The number of carbonyl (C=O) groups is 3. The Morgan fingerprint density at radius 2 is 1.81 bits per heavy atom. The van der Waals surface area contributed by atoms with Crippen LogP contribution >= 0.6 is 23.1 Å². The SMILES string of the molecule is O=C(Cn1c2c(sc1=O)[C@@H](c1cccnc1)[C@@H]1C(=O)N(c3ccccc3)C(=O)[C@@H]1S2)N1CCOCC1. The van der Waals surface area contributed by atoms with Crippen molar-refractivity contribution in [3.05, 3.63) is 75.0 Å². The van der Waals surface area contributed by atoms with E-state index in [4.69, 9.17) is 4.74 Å². The van der Waals surface area contributed by atoms with Gasteiger partial charge in [0.1, 0.15) is 11.8 Å². The average molecular weight is 523 g/mol. The number of amides is 3. The van der Waals surface area contributed by atoms with Crippen molar-refractivity contribution in [2.24, 2.45) is 5.92 Å². The predicted molar refractivity (Wildman–Crippen MR) is 134 cm³/mol. The largest absolute Gasteiger partial charge is 0.378 e. The number of hydrogen-bond acceptors (Lipinski definition) is 8. The molecule has 2 saturated heterocycles. The highest BCUT2D eigenvalue weighted by Crippen LogP contribution is 2.53. The van der Waals surface area contributed by atoms with E-state index in [-0.39, 0.29) is 29.1 Å². The number of aromatic nitrogens is 2. The van der Waals surface area contributed by atoms with Gasteiger partial charge in [0.05, 0.1) is 29.8 Å². The van der Waals surface area contributed by atoms with Crippen molar-refractivity contribution in [3.8, 4) is 0 Å². The van der Waals surface area contributed by atoms with Crippen LogP contribution in [0.2, 0.25) is 0 Å². The van der Waals surface area contributed by atoms with Gasteiger partial charge in [-0.3, -0.25) is 28.7 Å². The summed E-state index contributed by atoms with van der Waals surface area (Å²) in [4.78, 5) is 61.1. The Balaban J connectivity index is 1.43. The standard InChI is InChI=1S/C25H22N4O5S2/c30-17(27-9-11-34-12-10-27)14-28-24-21(36-25(28)33)18(15-5-4-8-26-13-15)19-20(35-24)23(32)29(22(19)31)16-6-2-1-3-7-16/h1-8,13,18-20H,9-12,14H2/t18-,19-,20+/m0/s1. The molecule has 6 rings (SSSR count). The van der Waals surface area contributed by atoms with Crippen LogP contribution in [-0.4, -0.2) is 63.7 Å². The van der Waals surface area contributed by atoms with Crippen molar-refractivity contribution in [3.63, 3.8) is 0 Å². The molecule has 2 aromatic heterocycles. The van der Waals surface area contributed by atoms with Gasteiger partial charge in [-0.25, -0.2) is 4.90 Å². The summed E-state index contributed by atoms with van der Waals surface area (Å²) in [6.07, 6.45) is 3.32. The van der Waals surface area contributed by atoms with Crippen LogP contribution in [0.1, 0.15) is 16.4 Å². The van der Waals surface area contributed by atoms with Crippen LogP contribution < -0.4 is 9.77 Å². The zero-order valence-corrected chi connectivity index (χ0v) is 20.7. The Hall–Kier alpha value is -3.28. The topological polar surface area (TPSA) is 102 Å². The number of morpholine rings is 1. The smallest absolute Gasteiger partial charge is 0.308 e. The van der Waals surface area contributed by atoms with E-state index in [0.717, 1.165) is 16.9 Å². The van der Waals surface area contributed by atoms with Gasteiger partial charge in [-0.05, 0) is 23.8 Å². The molecule has 0 bridgehead atoms. The summed E-state index contributed by atoms with van der Waals surface area (Å²) in [6, 6.07) is 12.5. The van der Waals surface area contributed by atoms with Gasteiger partial charge in [0, 0.05) is 36.3 Å². The molecule has 2 fully saturated rings. The third-order valence-corrected chi connectivity index (χ3v) is 9.37. The van der Waals surface area contributed by atoms with Gasteiger partial charge >= 0.3 is 4.87 Å². The van der Waals surface area contributed by atoms with Gasteiger partial charge in [-0.15, -0.1) is 0 Å². The maximum atomic E-state index is 13.7. The zero-order chi connectivity index (χ0) is 24.8. The van der Waals surface area contributed by atoms with Crippen LogP contribution in [0.15, 0.2) is 64.7 Å². The quantitative estimate of drug-likeness (QED) is 0.483. The van der Waals surface area contributed by atoms with Gasteiger partial charge in [0.25, 0.3) is 0 Å². The Morgan fingerprint density at radius 3 is 2.53 bits per heavy atom. The molecule has 0 radical (unpaired) electrons. The molecular weight excluding hydrogens is 500 g/mol. The molecular formula is C25H22N4O5S2. The number of benzene rings is 1. The second-order valence-electron chi connectivity index (χ2n) is 8.79. The van der Waals surface area contributed by atoms with Crippen LogP contribution in [0.4, 0.5) is 5.69 Å². The minimum Gasteiger partial charge on any atom is -0.378 e. The molecule has 0 N–H and O–H groups in total. The number of thiazole rings is 1. The number of hydrogen-bond donors (Lipinski definition) is 0. The molecule has 0 aliphatic carbocycles. The lowest BCUT2D eigenvalue weighted by atomic mass is 9.84. The lowest BCUT2D eigenvalue weighted by Gasteiger charge is -2.31. The number of nitrogens with zero attached hydrogens (tertiary/aromatic N) is 4. The molecule has 0 saturated carbocycles. The molecule has 3 aliphatic rings. The van der Waals surface area contributed by atoms with E-state index >= 15 is 0 Å². The maximum Gasteiger partial charge on any atom is 0.308 e. The molecule has 9 nitrogen and oxygen atoms in total. The Labute approximate surface area is 214 Å². The van der Waals surface area contributed by atoms with Crippen LogP contribution in [0.3, 0.4) is 0 Å². The number of para-hydroxylation sites is 1. The number of ether oxygens (including phenoxy) is 1. The minimum atomic E-state index is -0.714. The number of anilines is 1. The Morgan fingerprint density at radius 1 is 1.03 bits per heavy atom. The number of rotatable bonds is 4. The highest BCUT2D eigenvalue weighted by Gasteiger charge is 2.56. The number of imide groups is 1. The van der Waals surface area contributed by atoms with E-state index in [1.807, 2.05) is 12.1 Å². The predicted octanol–water partition coefficient (Wildman–Crippen LogP) is 1.96. The Bertz CT molecular complexity index is 1380. The molecule has 36 heavy (non-hydrogen) atoms. The van der Waals surface area contributed by atoms with Gasteiger partial charge in [0.15, 0.2) is 0 Å². The first kappa shape index (κ1) is 23.1. The van der Waals surface area contributed by atoms with E-state index in [0.29, 0.717) is 41.9 Å². The molecule has 11 heteroatoms. The second-order valence-corrected chi connectivity index (χ2v) is 10.9. The van der Waals surface area contributed by atoms with Crippen LogP contribution in [0.5, 0.6) is 0 Å². The number of pyridine rings is 1. The van der Waals surface area contributed by atoms with Crippen molar-refractivity contribution >= 4 is 46.5 Å². The fraction of sp³-hybridized carbons (Fsp3) is 0.320. The molecule has 5 heterocycles. The number of fused-ring (bicyclic) bond motifs is 2. The van der Waals surface area contributed by atoms with Crippen LogP contribution in [0.25, 0.3) is 0 Å². The number of thioether (sulfide) groups is 1. The lowest BCUT2D eigenvalue weighted by Crippen LogP contribution is -2.43. The maximum absolute atomic E-state index is 13.7. The first-order valence-corrected chi connectivity index (χ1v) is 13.3. The van der Waals surface area contributed by atoms with Crippen molar-refractivity contribution in [1.29, 1.82) is 0 Å². The fourth-order valence-electron chi connectivity index (χ4n) is 5.05. The van der Waals surface area contributed by atoms with E-state index in [1.165, 1.54) is 21.2 Å². The molecule has 3 atom stereocenters. The molecule has 0 spiro atoms. The van der Waals surface area contributed by atoms with Crippen molar-refractivity contribution in [2.75, 3.05) is 31.2 Å². The molecule has 3 aliphatic heterocycles. The fourth-order valence-corrected chi connectivity index (χ4v) is 7.83. The summed E-state index contributed by atoms with van der Waals surface area (Å²) in [5.74, 6) is -1.96. The average Bonchev–Trinajstić information content (AvgIpc) is 3.36. The molecule has 184 valence electrons. The highest BCUT2D eigenvalue weighted by atomic mass is 32.2. The monoisotopic (exact) mass is 522 g/mol. The van der Waals surface area contributed by atoms with Crippen molar-refractivity contribution in [2.45, 2.75) is 22.7 Å². The van der Waals surface area contributed by atoms with E-state index in [1.54, 1.807) is 47.6 Å². The Kier molecular flexibility index (Phi) is 5.98.